The van der Waals surface area contributed by atoms with E-state index in [2.05, 4.69) is 0 Å². The average molecular weight is 207 g/mol. The maximum absolute atomic E-state index is 8.40. The van der Waals surface area contributed by atoms with Gasteiger partial charge in [0.05, 0.1) is 10.0 Å². The van der Waals surface area contributed by atoms with Crippen molar-refractivity contribution in [2.24, 2.45) is 0 Å². The lowest BCUT2D eigenvalue weighted by atomic mass is 10.4. The van der Waals surface area contributed by atoms with Gasteiger partial charge < -0.3 is 0 Å². The van der Waals surface area contributed by atoms with Crippen LogP contribution in [0.4, 0.5) is 0 Å². The molecule has 1 rings (SSSR count). The molecule has 0 saturated carbocycles. The summed E-state index contributed by atoms with van der Waals surface area (Å²) in [7, 11) is -1.42. The van der Waals surface area contributed by atoms with E-state index >= 15 is 0 Å². The third-order valence-corrected chi connectivity index (χ3v) is 1.58. The Hall–Kier alpha value is -0.383. The van der Waals surface area contributed by atoms with Crippen molar-refractivity contribution in [2.75, 3.05) is 0 Å². The summed E-state index contributed by atoms with van der Waals surface area (Å²) in [4.78, 5) is 0. The van der Waals surface area contributed by atoms with Crippen molar-refractivity contribution < 1.29 is 8.92 Å². The SMILES string of the molecule is Clc1ccccc1Cl.O=[Si]=O. The Morgan fingerprint density at radius 3 is 1.45 bits per heavy atom. The first kappa shape index (κ1) is 10.6. The van der Waals surface area contributed by atoms with Crippen LogP contribution in [0.1, 0.15) is 0 Å². The van der Waals surface area contributed by atoms with E-state index in [9.17, 15) is 0 Å². The van der Waals surface area contributed by atoms with Crippen LogP contribution in [-0.4, -0.2) is 9.29 Å². The Bertz CT molecular complexity index is 238. The average Bonchev–Trinajstić information content (AvgIpc) is 1.97. The van der Waals surface area contributed by atoms with E-state index in [1.54, 1.807) is 12.1 Å². The highest BCUT2D eigenvalue weighted by Crippen LogP contribution is 2.19. The smallest absolute Gasteiger partial charge is 0.274 e. The quantitative estimate of drug-likeness (QED) is 0.612. The summed E-state index contributed by atoms with van der Waals surface area (Å²) in [5.41, 5.74) is 0. The fourth-order valence-electron chi connectivity index (χ4n) is 0.439. The van der Waals surface area contributed by atoms with E-state index in [-0.39, 0.29) is 0 Å². The molecule has 1 aromatic rings. The maximum atomic E-state index is 8.40. The van der Waals surface area contributed by atoms with Gasteiger partial charge >= 0.3 is 9.29 Å². The molecule has 2 nitrogen and oxygen atoms in total. The number of hydrogen-bond acceptors (Lipinski definition) is 2. The molecule has 0 aromatic heterocycles. The second kappa shape index (κ2) is 6.33. The van der Waals surface area contributed by atoms with Gasteiger partial charge in [-0.15, -0.1) is 0 Å². The van der Waals surface area contributed by atoms with Crippen molar-refractivity contribution in [1.29, 1.82) is 0 Å². The Labute approximate surface area is 76.1 Å². The van der Waals surface area contributed by atoms with Gasteiger partial charge in [-0.25, -0.2) is 0 Å². The van der Waals surface area contributed by atoms with E-state index in [1.165, 1.54) is 0 Å². The first-order valence-electron chi connectivity index (χ1n) is 2.61. The summed E-state index contributed by atoms with van der Waals surface area (Å²) in [5.74, 6) is 0. The Morgan fingerprint density at radius 2 is 1.27 bits per heavy atom. The summed E-state index contributed by atoms with van der Waals surface area (Å²) < 4.78 is 16.8. The van der Waals surface area contributed by atoms with E-state index in [0.717, 1.165) is 0 Å². The van der Waals surface area contributed by atoms with Gasteiger partial charge in [0.15, 0.2) is 0 Å². The third kappa shape index (κ3) is 4.95. The minimum Gasteiger partial charge on any atom is -0.274 e. The second-order valence-electron chi connectivity index (χ2n) is 1.50. The summed E-state index contributed by atoms with van der Waals surface area (Å²) in [5, 5.41) is 1.21. The van der Waals surface area contributed by atoms with Crippen LogP contribution in [0.5, 0.6) is 0 Å². The monoisotopic (exact) mass is 206 g/mol. The van der Waals surface area contributed by atoms with Crippen LogP contribution in [0.15, 0.2) is 24.3 Å². The molecule has 0 aliphatic heterocycles. The molecule has 1 aromatic carbocycles. The summed E-state index contributed by atoms with van der Waals surface area (Å²) in [6.07, 6.45) is 0. The lowest BCUT2D eigenvalue weighted by Gasteiger charge is -1.88. The van der Waals surface area contributed by atoms with Crippen LogP contribution in [0, 0.1) is 0 Å². The molecule has 0 radical (unpaired) electrons. The highest BCUT2D eigenvalue weighted by atomic mass is 35.5. The summed E-state index contributed by atoms with van der Waals surface area (Å²) in [6, 6.07) is 7.19. The van der Waals surface area contributed by atoms with Crippen LogP contribution in [0.25, 0.3) is 0 Å². The van der Waals surface area contributed by atoms with Gasteiger partial charge in [0.2, 0.25) is 0 Å². The topological polar surface area (TPSA) is 34.1 Å². The molecule has 0 aliphatic carbocycles. The molecule has 0 bridgehead atoms. The van der Waals surface area contributed by atoms with E-state index in [1.807, 2.05) is 12.1 Å². The number of benzene rings is 1. The third-order valence-electron chi connectivity index (χ3n) is 0.824. The van der Waals surface area contributed by atoms with Gasteiger partial charge in [0.1, 0.15) is 0 Å². The first-order valence-corrected chi connectivity index (χ1v) is 4.19. The summed E-state index contributed by atoms with van der Waals surface area (Å²) in [6.45, 7) is 0. The zero-order valence-electron chi connectivity index (χ0n) is 5.38. The zero-order chi connectivity index (χ0) is 8.69. The first-order chi connectivity index (χ1) is 5.22. The van der Waals surface area contributed by atoms with Crippen molar-refractivity contribution in [3.8, 4) is 0 Å². The van der Waals surface area contributed by atoms with Gasteiger partial charge in [-0.05, 0) is 12.1 Å². The molecule has 0 unspecified atom stereocenters. The van der Waals surface area contributed by atoms with Crippen molar-refractivity contribution in [1.82, 2.24) is 0 Å². The molecular weight excluding hydrogens is 203 g/mol. The van der Waals surface area contributed by atoms with E-state index in [0.29, 0.717) is 10.0 Å². The molecular formula is C6H4Cl2O2Si. The lowest BCUT2D eigenvalue weighted by Crippen LogP contribution is -1.62. The van der Waals surface area contributed by atoms with Crippen LogP contribution in [0.2, 0.25) is 10.0 Å². The lowest BCUT2D eigenvalue weighted by molar-refractivity contribution is 0.497. The van der Waals surface area contributed by atoms with Crippen molar-refractivity contribution in [3.63, 3.8) is 0 Å². The van der Waals surface area contributed by atoms with Gasteiger partial charge in [0, 0.05) is 0 Å². The number of hydrogen-bond donors (Lipinski definition) is 0. The fourth-order valence-corrected chi connectivity index (χ4v) is 0.711. The predicted octanol–water partition coefficient (Wildman–Crippen LogP) is 2.38. The Morgan fingerprint density at radius 1 is 1.00 bits per heavy atom. The normalized spacial score (nSPS) is 7.45. The molecule has 58 valence electrons. The van der Waals surface area contributed by atoms with Crippen LogP contribution in [-0.2, 0) is 8.92 Å². The molecule has 0 N–H and O–H groups in total. The molecule has 0 saturated heterocycles. The summed E-state index contributed by atoms with van der Waals surface area (Å²) >= 11 is 11.2. The van der Waals surface area contributed by atoms with Crippen molar-refractivity contribution >= 4 is 32.5 Å². The van der Waals surface area contributed by atoms with Crippen molar-refractivity contribution in [2.45, 2.75) is 0 Å². The van der Waals surface area contributed by atoms with Crippen LogP contribution < -0.4 is 0 Å². The molecule has 0 spiro atoms. The van der Waals surface area contributed by atoms with Crippen molar-refractivity contribution in [3.05, 3.63) is 34.3 Å². The number of rotatable bonds is 0. The van der Waals surface area contributed by atoms with Gasteiger partial charge in [-0.2, -0.15) is 0 Å². The molecule has 11 heavy (non-hydrogen) atoms. The molecule has 0 fully saturated rings. The minimum atomic E-state index is -1.42. The molecule has 0 atom stereocenters. The number of halogens is 2. The fraction of sp³-hybridized carbons (Fsp3) is 0. The predicted molar refractivity (Wildman–Crippen MR) is 43.6 cm³/mol. The Balaban J connectivity index is 0.000000292. The second-order valence-corrected chi connectivity index (χ2v) is 2.48. The van der Waals surface area contributed by atoms with Crippen LogP contribution >= 0.6 is 23.2 Å². The van der Waals surface area contributed by atoms with Gasteiger partial charge in [-0.3, -0.25) is 8.92 Å². The van der Waals surface area contributed by atoms with E-state index in [4.69, 9.17) is 32.1 Å². The largest absolute Gasteiger partial charge is 0.549 e. The maximum Gasteiger partial charge on any atom is 0.549 e. The zero-order valence-corrected chi connectivity index (χ0v) is 7.89. The molecule has 5 heteroatoms. The Kier molecular flexibility index (Phi) is 6.11. The van der Waals surface area contributed by atoms with Gasteiger partial charge in [0.25, 0.3) is 0 Å². The standard InChI is InChI=1S/C6H4Cl2.O2Si/c7-5-3-1-2-4-6(5)8;1-3-2/h1-4H;. The van der Waals surface area contributed by atoms with Crippen LogP contribution in [0.3, 0.4) is 0 Å². The highest BCUT2D eigenvalue weighted by Gasteiger charge is 1.89. The molecule has 0 heterocycles. The molecule has 0 aliphatic rings. The minimum absolute atomic E-state index is 0.606. The van der Waals surface area contributed by atoms with Gasteiger partial charge in [-0.1, -0.05) is 35.3 Å². The van der Waals surface area contributed by atoms with E-state index < -0.39 is 9.29 Å². The highest BCUT2D eigenvalue weighted by molar-refractivity contribution is 6.41. The molecule has 0 amide bonds.